The highest BCUT2D eigenvalue weighted by Crippen LogP contribution is 2.46. The van der Waals surface area contributed by atoms with E-state index >= 15 is 0 Å². The third kappa shape index (κ3) is 4.19. The summed E-state index contributed by atoms with van der Waals surface area (Å²) in [6.45, 7) is 4.33. The molecular weight excluding hydrogens is 409 g/mol. The van der Waals surface area contributed by atoms with Gasteiger partial charge in [-0.1, -0.05) is 30.1 Å². The number of pyridine rings is 1. The molecule has 0 saturated heterocycles. The maximum Gasteiger partial charge on any atom is 0.183 e. The lowest BCUT2D eigenvalue weighted by molar-refractivity contribution is 0.497. The minimum absolute atomic E-state index is 0.342. The van der Waals surface area contributed by atoms with Crippen LogP contribution in [-0.2, 0) is 0 Å². The highest BCUT2D eigenvalue weighted by molar-refractivity contribution is 7.16. The fourth-order valence-electron chi connectivity index (χ4n) is 3.87. The largest absolute Gasteiger partial charge is 0.358 e. The van der Waals surface area contributed by atoms with Crippen LogP contribution in [0.4, 0.5) is 5.13 Å². The summed E-state index contributed by atoms with van der Waals surface area (Å²) in [6.07, 6.45) is 7.43. The molecule has 0 bridgehead atoms. The van der Waals surface area contributed by atoms with Crippen molar-refractivity contribution in [1.29, 1.82) is 0 Å². The molecule has 4 rings (SSSR count). The maximum atomic E-state index is 6.41. The molecule has 1 saturated carbocycles. The number of hydrogen-bond donors (Lipinski definition) is 1. The molecule has 3 nitrogen and oxygen atoms in total. The second-order valence-electron chi connectivity index (χ2n) is 7.35. The third-order valence-electron chi connectivity index (χ3n) is 5.39. The van der Waals surface area contributed by atoms with E-state index in [4.69, 9.17) is 28.2 Å². The van der Waals surface area contributed by atoms with Gasteiger partial charge in [-0.05, 0) is 68.0 Å². The molecule has 2 unspecified atom stereocenters. The number of aryl methyl sites for hydroxylation is 1. The Labute approximate surface area is 180 Å². The minimum atomic E-state index is 0.342. The van der Waals surface area contributed by atoms with Crippen LogP contribution in [0.5, 0.6) is 0 Å². The van der Waals surface area contributed by atoms with Crippen molar-refractivity contribution in [3.63, 3.8) is 0 Å². The molecule has 2 heterocycles. The van der Waals surface area contributed by atoms with Gasteiger partial charge >= 0.3 is 0 Å². The first-order valence-corrected chi connectivity index (χ1v) is 11.2. The zero-order valence-electron chi connectivity index (χ0n) is 16.0. The van der Waals surface area contributed by atoms with Gasteiger partial charge in [0.1, 0.15) is 0 Å². The van der Waals surface area contributed by atoms with E-state index in [1.54, 1.807) is 17.4 Å². The highest BCUT2D eigenvalue weighted by Gasteiger charge is 2.37. The van der Waals surface area contributed by atoms with Crippen LogP contribution in [-0.4, -0.2) is 16.0 Å². The summed E-state index contributed by atoms with van der Waals surface area (Å²) in [7, 11) is 0. The van der Waals surface area contributed by atoms with Crippen molar-refractivity contribution in [1.82, 2.24) is 9.97 Å². The lowest BCUT2D eigenvalue weighted by Crippen LogP contribution is -2.28. The summed E-state index contributed by atoms with van der Waals surface area (Å²) in [5, 5.41) is 5.94. The average molecular weight is 432 g/mol. The van der Waals surface area contributed by atoms with E-state index in [1.165, 1.54) is 18.4 Å². The lowest BCUT2D eigenvalue weighted by atomic mass is 9.86. The molecule has 0 radical (unpaired) electrons. The number of nitrogens with one attached hydrogen (secondary N) is 1. The Hall–Kier alpha value is -1.62. The van der Waals surface area contributed by atoms with Crippen LogP contribution < -0.4 is 5.32 Å². The van der Waals surface area contributed by atoms with Crippen LogP contribution in [0.1, 0.15) is 42.5 Å². The fraction of sp³-hybridized carbons (Fsp3) is 0.364. The first-order chi connectivity index (χ1) is 13.6. The van der Waals surface area contributed by atoms with Gasteiger partial charge in [-0.15, -0.1) is 11.3 Å². The standard InChI is InChI=1S/C22H23Cl2N3S/c1-3-19(20(14-4-5-14)15-8-10-25-11-9-15)26-22-27-21(13(2)28-22)17-7-6-16(23)12-18(17)24/h6-12,14,19-20H,3-5H2,1-2H3,(H,26,27). The quantitative estimate of drug-likeness (QED) is 0.429. The first-order valence-electron chi connectivity index (χ1n) is 9.66. The van der Waals surface area contributed by atoms with Gasteiger partial charge in [-0.25, -0.2) is 4.98 Å². The van der Waals surface area contributed by atoms with Gasteiger partial charge in [0.05, 0.1) is 10.7 Å². The Morgan fingerprint density at radius 2 is 1.93 bits per heavy atom. The summed E-state index contributed by atoms with van der Waals surface area (Å²) in [5.41, 5.74) is 3.22. The van der Waals surface area contributed by atoms with E-state index in [2.05, 4.69) is 36.3 Å². The molecule has 0 amide bonds. The molecule has 1 aromatic carbocycles. The van der Waals surface area contributed by atoms with Gasteiger partial charge in [0.15, 0.2) is 5.13 Å². The van der Waals surface area contributed by atoms with Crippen LogP contribution in [0.15, 0.2) is 42.7 Å². The number of nitrogens with zero attached hydrogens (tertiary/aromatic N) is 2. The van der Waals surface area contributed by atoms with E-state index in [9.17, 15) is 0 Å². The Kier molecular flexibility index (Phi) is 5.91. The molecular formula is C22H23Cl2N3S. The van der Waals surface area contributed by atoms with E-state index in [-0.39, 0.29) is 0 Å². The van der Waals surface area contributed by atoms with Crippen LogP contribution in [0.2, 0.25) is 10.0 Å². The first kappa shape index (κ1) is 19.7. The summed E-state index contributed by atoms with van der Waals surface area (Å²) in [6, 6.07) is 10.2. The number of aromatic nitrogens is 2. The van der Waals surface area contributed by atoms with Crippen LogP contribution in [0.25, 0.3) is 11.3 Å². The van der Waals surface area contributed by atoms with Crippen LogP contribution >= 0.6 is 34.5 Å². The fourth-order valence-corrected chi connectivity index (χ4v) is 5.26. The van der Waals surface area contributed by atoms with Crippen molar-refractivity contribution in [2.24, 2.45) is 5.92 Å². The number of thiazole rings is 1. The van der Waals surface area contributed by atoms with Gasteiger partial charge in [-0.2, -0.15) is 0 Å². The predicted octanol–water partition coefficient (Wildman–Crippen LogP) is 7.20. The number of rotatable bonds is 7. The number of benzene rings is 1. The average Bonchev–Trinajstić information content (AvgIpc) is 3.45. The van der Waals surface area contributed by atoms with E-state index in [0.717, 1.165) is 33.6 Å². The van der Waals surface area contributed by atoms with Crippen molar-refractivity contribution in [2.45, 2.75) is 45.1 Å². The second kappa shape index (κ2) is 8.40. The Balaban J connectivity index is 1.61. The summed E-state index contributed by atoms with van der Waals surface area (Å²) in [4.78, 5) is 10.2. The Morgan fingerprint density at radius 3 is 2.57 bits per heavy atom. The van der Waals surface area contributed by atoms with Crippen molar-refractivity contribution >= 4 is 39.7 Å². The minimum Gasteiger partial charge on any atom is -0.358 e. The van der Waals surface area contributed by atoms with Crippen molar-refractivity contribution in [3.05, 3.63) is 63.2 Å². The summed E-state index contributed by atoms with van der Waals surface area (Å²) in [5.74, 6) is 1.23. The summed E-state index contributed by atoms with van der Waals surface area (Å²) < 4.78 is 0. The van der Waals surface area contributed by atoms with Crippen molar-refractivity contribution < 1.29 is 0 Å². The lowest BCUT2D eigenvalue weighted by Gasteiger charge is -2.27. The molecule has 1 aliphatic carbocycles. The second-order valence-corrected chi connectivity index (χ2v) is 9.40. The van der Waals surface area contributed by atoms with Crippen LogP contribution in [0, 0.1) is 12.8 Å². The molecule has 2 aromatic heterocycles. The normalized spacial score (nSPS) is 16.0. The number of anilines is 1. The SMILES string of the molecule is CCC(Nc1nc(-c2ccc(Cl)cc2Cl)c(C)s1)C(c1ccncc1)C1CC1. The summed E-state index contributed by atoms with van der Waals surface area (Å²) >= 11 is 14.1. The highest BCUT2D eigenvalue weighted by atomic mass is 35.5. The van der Waals surface area contributed by atoms with Gasteiger partial charge in [0.2, 0.25) is 0 Å². The number of hydrogen-bond acceptors (Lipinski definition) is 4. The van der Waals surface area contributed by atoms with Gasteiger partial charge in [-0.3, -0.25) is 4.98 Å². The zero-order chi connectivity index (χ0) is 19.7. The molecule has 6 heteroatoms. The Morgan fingerprint density at radius 1 is 1.18 bits per heavy atom. The molecule has 1 fully saturated rings. The van der Waals surface area contributed by atoms with E-state index in [0.29, 0.717) is 22.0 Å². The predicted molar refractivity (Wildman–Crippen MR) is 120 cm³/mol. The third-order valence-corrected chi connectivity index (χ3v) is 6.84. The topological polar surface area (TPSA) is 37.8 Å². The van der Waals surface area contributed by atoms with Crippen LogP contribution in [0.3, 0.4) is 0 Å². The molecule has 0 aliphatic heterocycles. The molecule has 1 aliphatic rings. The molecule has 2 atom stereocenters. The maximum absolute atomic E-state index is 6.41. The van der Waals surface area contributed by atoms with Gasteiger partial charge < -0.3 is 5.32 Å². The molecule has 0 spiro atoms. The van der Waals surface area contributed by atoms with Gasteiger partial charge in [0, 0.05) is 39.8 Å². The van der Waals surface area contributed by atoms with E-state index < -0.39 is 0 Å². The molecule has 28 heavy (non-hydrogen) atoms. The molecule has 3 aromatic rings. The Bertz CT molecular complexity index is 954. The number of halogens is 2. The smallest absolute Gasteiger partial charge is 0.183 e. The van der Waals surface area contributed by atoms with Crippen molar-refractivity contribution in [2.75, 3.05) is 5.32 Å². The monoisotopic (exact) mass is 431 g/mol. The molecule has 1 N–H and O–H groups in total. The zero-order valence-corrected chi connectivity index (χ0v) is 18.3. The van der Waals surface area contributed by atoms with E-state index in [1.807, 2.05) is 24.5 Å². The van der Waals surface area contributed by atoms with Gasteiger partial charge in [0.25, 0.3) is 0 Å². The van der Waals surface area contributed by atoms with Crippen molar-refractivity contribution in [3.8, 4) is 11.3 Å². The molecule has 146 valence electrons.